The minimum absolute atomic E-state index is 0.126. The van der Waals surface area contributed by atoms with Crippen LogP contribution in [0.1, 0.15) is 61.3 Å². The molecule has 2 aromatic rings. The van der Waals surface area contributed by atoms with Crippen LogP contribution in [0.15, 0.2) is 24.4 Å². The molecule has 1 aliphatic carbocycles. The van der Waals surface area contributed by atoms with Gasteiger partial charge in [0.15, 0.2) is 5.69 Å². The van der Waals surface area contributed by atoms with Crippen LogP contribution in [0.25, 0.3) is 0 Å². The Morgan fingerprint density at radius 1 is 1.32 bits per heavy atom. The fourth-order valence-corrected chi connectivity index (χ4v) is 2.44. The van der Waals surface area contributed by atoms with Crippen LogP contribution in [0.5, 0.6) is 0 Å². The van der Waals surface area contributed by atoms with Gasteiger partial charge in [-0.2, -0.15) is 5.10 Å². The monoisotopic (exact) mass is 298 g/mol. The molecule has 2 heterocycles. The summed E-state index contributed by atoms with van der Waals surface area (Å²) < 4.78 is 1.99. The number of hydrogen-bond acceptors (Lipinski definition) is 3. The first kappa shape index (κ1) is 14.8. The van der Waals surface area contributed by atoms with Gasteiger partial charge in [0.1, 0.15) is 5.82 Å². The zero-order chi connectivity index (χ0) is 15.9. The molecule has 5 nitrogen and oxygen atoms in total. The lowest BCUT2D eigenvalue weighted by atomic mass is 10.1. The summed E-state index contributed by atoms with van der Waals surface area (Å²) in [4.78, 5) is 16.6. The maximum absolute atomic E-state index is 12.4. The van der Waals surface area contributed by atoms with Gasteiger partial charge in [0.25, 0.3) is 5.91 Å². The SMILES string of the molecule is Cc1ccc(NC(=O)c2cc(C3CC3)n(C(C)(C)C)n2)nc1. The number of amides is 1. The number of anilines is 1. The number of aryl methyl sites for hydroxylation is 1. The Balaban J connectivity index is 1.85. The maximum atomic E-state index is 12.4. The van der Waals surface area contributed by atoms with E-state index in [1.54, 1.807) is 12.3 Å². The van der Waals surface area contributed by atoms with Crippen LogP contribution in [0.2, 0.25) is 0 Å². The van der Waals surface area contributed by atoms with Gasteiger partial charge in [0, 0.05) is 17.8 Å². The molecular weight excluding hydrogens is 276 g/mol. The van der Waals surface area contributed by atoms with E-state index in [0.717, 1.165) is 11.3 Å². The number of aromatic nitrogens is 3. The molecule has 1 saturated carbocycles. The van der Waals surface area contributed by atoms with Gasteiger partial charge < -0.3 is 5.32 Å². The van der Waals surface area contributed by atoms with Crippen molar-refractivity contribution in [1.29, 1.82) is 0 Å². The summed E-state index contributed by atoms with van der Waals surface area (Å²) in [5.41, 5.74) is 2.55. The zero-order valence-electron chi connectivity index (χ0n) is 13.6. The Labute approximate surface area is 130 Å². The minimum Gasteiger partial charge on any atom is -0.305 e. The molecule has 1 N–H and O–H groups in total. The molecule has 0 radical (unpaired) electrons. The zero-order valence-corrected chi connectivity index (χ0v) is 13.6. The van der Waals surface area contributed by atoms with Gasteiger partial charge in [0.2, 0.25) is 0 Å². The molecule has 0 atom stereocenters. The van der Waals surface area contributed by atoms with E-state index in [0.29, 0.717) is 17.4 Å². The quantitative estimate of drug-likeness (QED) is 0.944. The predicted octanol–water partition coefficient (Wildman–Crippen LogP) is 3.47. The first-order valence-electron chi connectivity index (χ1n) is 7.69. The van der Waals surface area contributed by atoms with E-state index in [1.165, 1.54) is 12.8 Å². The third-order valence-electron chi connectivity index (χ3n) is 3.75. The predicted molar refractivity (Wildman–Crippen MR) is 86.1 cm³/mol. The Hall–Kier alpha value is -2.17. The first-order chi connectivity index (χ1) is 10.3. The van der Waals surface area contributed by atoms with Crippen molar-refractivity contribution < 1.29 is 4.79 Å². The van der Waals surface area contributed by atoms with Crippen LogP contribution in [0, 0.1) is 6.92 Å². The maximum Gasteiger partial charge on any atom is 0.277 e. The van der Waals surface area contributed by atoms with Crippen molar-refractivity contribution in [2.45, 2.75) is 52.0 Å². The standard InChI is InChI=1S/C17H22N4O/c1-11-5-8-15(18-10-11)19-16(22)13-9-14(12-6-7-12)21(20-13)17(2,3)4/h5,8-10,12H,6-7H2,1-4H3,(H,18,19,22). The normalized spacial score (nSPS) is 14.9. The van der Waals surface area contributed by atoms with E-state index in [9.17, 15) is 4.79 Å². The highest BCUT2D eigenvalue weighted by Crippen LogP contribution is 2.41. The van der Waals surface area contributed by atoms with E-state index in [-0.39, 0.29) is 11.4 Å². The van der Waals surface area contributed by atoms with Crippen LogP contribution in [-0.2, 0) is 5.54 Å². The molecule has 2 aromatic heterocycles. The fraction of sp³-hybridized carbons (Fsp3) is 0.471. The molecule has 0 aliphatic heterocycles. The van der Waals surface area contributed by atoms with Crippen molar-refractivity contribution in [2.24, 2.45) is 0 Å². The lowest BCUT2D eigenvalue weighted by Gasteiger charge is -2.22. The molecule has 116 valence electrons. The van der Waals surface area contributed by atoms with Crippen LogP contribution in [-0.4, -0.2) is 20.7 Å². The third-order valence-corrected chi connectivity index (χ3v) is 3.75. The van der Waals surface area contributed by atoms with Gasteiger partial charge in [-0.05, 0) is 58.2 Å². The summed E-state index contributed by atoms with van der Waals surface area (Å²) >= 11 is 0. The highest BCUT2D eigenvalue weighted by Gasteiger charge is 2.32. The van der Waals surface area contributed by atoms with Gasteiger partial charge in [-0.15, -0.1) is 0 Å². The molecule has 22 heavy (non-hydrogen) atoms. The van der Waals surface area contributed by atoms with Crippen molar-refractivity contribution >= 4 is 11.7 Å². The summed E-state index contributed by atoms with van der Waals surface area (Å²) in [6.45, 7) is 8.28. The molecule has 0 aromatic carbocycles. The number of nitrogens with zero attached hydrogens (tertiary/aromatic N) is 3. The lowest BCUT2D eigenvalue weighted by molar-refractivity contribution is 0.102. The average molecular weight is 298 g/mol. The van der Waals surface area contributed by atoms with E-state index < -0.39 is 0 Å². The average Bonchev–Trinajstić information content (AvgIpc) is 3.18. The second-order valence-corrected chi connectivity index (χ2v) is 6.99. The molecule has 0 unspecified atom stereocenters. The van der Waals surface area contributed by atoms with Gasteiger partial charge in [0.05, 0.1) is 5.54 Å². The first-order valence-corrected chi connectivity index (χ1v) is 7.69. The fourth-order valence-electron chi connectivity index (χ4n) is 2.44. The second-order valence-electron chi connectivity index (χ2n) is 6.99. The number of carbonyl (C=O) groups is 1. The number of pyridine rings is 1. The summed E-state index contributed by atoms with van der Waals surface area (Å²) in [6.07, 6.45) is 4.10. The van der Waals surface area contributed by atoms with Crippen molar-refractivity contribution in [3.05, 3.63) is 41.3 Å². The highest BCUT2D eigenvalue weighted by molar-refractivity contribution is 6.02. The second kappa shape index (κ2) is 5.23. The smallest absolute Gasteiger partial charge is 0.277 e. The van der Waals surface area contributed by atoms with Crippen molar-refractivity contribution in [3.63, 3.8) is 0 Å². The molecule has 3 rings (SSSR count). The highest BCUT2D eigenvalue weighted by atomic mass is 16.2. The summed E-state index contributed by atoms with van der Waals surface area (Å²) in [7, 11) is 0. The Morgan fingerprint density at radius 2 is 2.05 bits per heavy atom. The van der Waals surface area contributed by atoms with E-state index in [1.807, 2.05) is 23.7 Å². The number of nitrogens with one attached hydrogen (secondary N) is 1. The van der Waals surface area contributed by atoms with Gasteiger partial charge >= 0.3 is 0 Å². The van der Waals surface area contributed by atoms with Gasteiger partial charge in [-0.25, -0.2) is 4.98 Å². The lowest BCUT2D eigenvalue weighted by Crippen LogP contribution is -2.25. The summed E-state index contributed by atoms with van der Waals surface area (Å²) in [5, 5.41) is 7.34. The molecule has 1 aliphatic rings. The number of rotatable bonds is 3. The molecular formula is C17H22N4O. The van der Waals surface area contributed by atoms with Crippen LogP contribution >= 0.6 is 0 Å². The van der Waals surface area contributed by atoms with Crippen LogP contribution in [0.4, 0.5) is 5.82 Å². The van der Waals surface area contributed by atoms with Crippen molar-refractivity contribution in [1.82, 2.24) is 14.8 Å². The minimum atomic E-state index is -0.207. The molecule has 1 amide bonds. The van der Waals surface area contributed by atoms with Gasteiger partial charge in [-0.3, -0.25) is 9.48 Å². The largest absolute Gasteiger partial charge is 0.305 e. The van der Waals surface area contributed by atoms with Crippen LogP contribution < -0.4 is 5.32 Å². The Kier molecular flexibility index (Phi) is 3.51. The topological polar surface area (TPSA) is 59.8 Å². The molecule has 1 fully saturated rings. The number of carbonyl (C=O) groups excluding carboxylic acids is 1. The summed E-state index contributed by atoms with van der Waals surface area (Å²) in [5.74, 6) is 0.890. The van der Waals surface area contributed by atoms with Crippen LogP contribution in [0.3, 0.4) is 0 Å². The molecule has 0 saturated heterocycles. The van der Waals surface area contributed by atoms with Crippen molar-refractivity contribution in [3.8, 4) is 0 Å². The third kappa shape index (κ3) is 3.03. The molecule has 0 spiro atoms. The Morgan fingerprint density at radius 3 is 2.59 bits per heavy atom. The van der Waals surface area contributed by atoms with E-state index in [2.05, 4.69) is 36.2 Å². The molecule has 0 bridgehead atoms. The van der Waals surface area contributed by atoms with Gasteiger partial charge in [-0.1, -0.05) is 6.07 Å². The summed E-state index contributed by atoms with van der Waals surface area (Å²) in [6, 6.07) is 5.65. The van der Waals surface area contributed by atoms with Crippen molar-refractivity contribution in [2.75, 3.05) is 5.32 Å². The number of hydrogen-bond donors (Lipinski definition) is 1. The van der Waals surface area contributed by atoms with E-state index >= 15 is 0 Å². The Bertz CT molecular complexity index is 690. The molecule has 5 heteroatoms. The van der Waals surface area contributed by atoms with E-state index in [4.69, 9.17) is 0 Å².